The zero-order valence-electron chi connectivity index (χ0n) is 12.2. The number of nitro groups is 1. The monoisotopic (exact) mass is 296 g/mol. The predicted molar refractivity (Wildman–Crippen MR) is 78.8 cm³/mol. The first kappa shape index (κ1) is 16.7. The molecule has 7 heteroatoms. The van der Waals surface area contributed by atoms with Gasteiger partial charge in [-0.25, -0.2) is 0 Å². The number of nitro benzene ring substituents is 1. The summed E-state index contributed by atoms with van der Waals surface area (Å²) in [6, 6.07) is 4.45. The highest BCUT2D eigenvalue weighted by Gasteiger charge is 2.14. The topological polar surface area (TPSA) is 102 Å². The molecule has 0 amide bonds. The molecule has 0 saturated heterocycles. The van der Waals surface area contributed by atoms with Crippen molar-refractivity contribution in [2.24, 2.45) is 5.92 Å². The summed E-state index contributed by atoms with van der Waals surface area (Å²) in [6.45, 7) is 4.56. The molecule has 1 unspecified atom stereocenters. The Balaban J connectivity index is 2.81. The lowest BCUT2D eigenvalue weighted by molar-refractivity contribution is -0.384. The van der Waals surface area contributed by atoms with Crippen molar-refractivity contribution in [1.29, 1.82) is 0 Å². The summed E-state index contributed by atoms with van der Waals surface area (Å²) in [4.78, 5) is 21.1. The van der Waals surface area contributed by atoms with Gasteiger partial charge in [-0.3, -0.25) is 14.9 Å². The summed E-state index contributed by atoms with van der Waals surface area (Å²) in [5.74, 6) is -0.463. The fraction of sp³-hybridized carbons (Fsp3) is 0.500. The normalized spacial score (nSPS) is 11.7. The van der Waals surface area contributed by atoms with Crippen LogP contribution >= 0.6 is 0 Å². The third kappa shape index (κ3) is 5.68. The molecule has 1 aromatic rings. The molecule has 0 spiro atoms. The summed E-state index contributed by atoms with van der Waals surface area (Å²) < 4.78 is 5.30. The lowest BCUT2D eigenvalue weighted by atomic mass is 10.0. The number of non-ortho nitro benzene ring substituents is 1. The van der Waals surface area contributed by atoms with Gasteiger partial charge >= 0.3 is 5.97 Å². The molecule has 2 N–H and O–H groups in total. The maximum atomic E-state index is 10.9. The van der Waals surface area contributed by atoms with Crippen LogP contribution < -0.4 is 10.1 Å². The summed E-state index contributed by atoms with van der Waals surface area (Å²) in [7, 11) is 0. The minimum Gasteiger partial charge on any atom is -0.494 e. The van der Waals surface area contributed by atoms with Gasteiger partial charge in [-0.15, -0.1) is 0 Å². The number of carboxylic acid groups (broad SMARTS) is 1. The number of benzene rings is 1. The van der Waals surface area contributed by atoms with Crippen molar-refractivity contribution in [3.8, 4) is 5.75 Å². The van der Waals surface area contributed by atoms with Crippen LogP contribution in [0.5, 0.6) is 5.75 Å². The van der Waals surface area contributed by atoms with Gasteiger partial charge in [0.25, 0.3) is 5.69 Å². The quantitative estimate of drug-likeness (QED) is 0.536. The summed E-state index contributed by atoms with van der Waals surface area (Å²) in [5.41, 5.74) is 0.492. The summed E-state index contributed by atoms with van der Waals surface area (Å²) in [5, 5.41) is 22.7. The SMILES string of the molecule is CCOc1cc(NCC(CC)CC(=O)O)cc([N+](=O)[O-])c1. The van der Waals surface area contributed by atoms with Gasteiger partial charge < -0.3 is 15.2 Å². The van der Waals surface area contributed by atoms with Crippen molar-refractivity contribution in [3.05, 3.63) is 28.3 Å². The fourth-order valence-electron chi connectivity index (χ4n) is 1.91. The van der Waals surface area contributed by atoms with Crippen LogP contribution in [0.4, 0.5) is 11.4 Å². The number of nitrogens with zero attached hydrogens (tertiary/aromatic N) is 1. The van der Waals surface area contributed by atoms with Crippen molar-refractivity contribution in [2.75, 3.05) is 18.5 Å². The van der Waals surface area contributed by atoms with Crippen molar-refractivity contribution in [1.82, 2.24) is 0 Å². The molecule has 7 nitrogen and oxygen atoms in total. The van der Waals surface area contributed by atoms with E-state index in [0.29, 0.717) is 31.0 Å². The van der Waals surface area contributed by atoms with Crippen molar-refractivity contribution in [2.45, 2.75) is 26.7 Å². The highest BCUT2D eigenvalue weighted by molar-refractivity contribution is 5.67. The van der Waals surface area contributed by atoms with Crippen LogP contribution in [0, 0.1) is 16.0 Å². The van der Waals surface area contributed by atoms with Crippen LogP contribution in [0.2, 0.25) is 0 Å². The van der Waals surface area contributed by atoms with E-state index >= 15 is 0 Å². The number of rotatable bonds is 9. The van der Waals surface area contributed by atoms with E-state index in [0.717, 1.165) is 0 Å². The van der Waals surface area contributed by atoms with Crippen LogP contribution in [0.1, 0.15) is 26.7 Å². The van der Waals surface area contributed by atoms with E-state index in [2.05, 4.69) is 5.32 Å². The van der Waals surface area contributed by atoms with Crippen molar-refractivity contribution < 1.29 is 19.6 Å². The van der Waals surface area contributed by atoms with Crippen LogP contribution in [0.3, 0.4) is 0 Å². The average molecular weight is 296 g/mol. The Bertz CT molecular complexity index is 504. The first-order valence-electron chi connectivity index (χ1n) is 6.84. The van der Waals surface area contributed by atoms with Gasteiger partial charge in [0.2, 0.25) is 0 Å². The molecule has 1 aromatic carbocycles. The molecule has 0 saturated carbocycles. The number of ether oxygens (including phenoxy) is 1. The Morgan fingerprint density at radius 1 is 1.43 bits per heavy atom. The van der Waals surface area contributed by atoms with E-state index in [9.17, 15) is 14.9 Å². The molecule has 0 aliphatic heterocycles. The molecule has 0 aromatic heterocycles. The number of aliphatic carboxylic acids is 1. The minimum absolute atomic E-state index is 0.0303. The fourth-order valence-corrected chi connectivity index (χ4v) is 1.91. The maximum absolute atomic E-state index is 10.9. The van der Waals surface area contributed by atoms with Gasteiger partial charge in [0.1, 0.15) is 5.75 Å². The smallest absolute Gasteiger partial charge is 0.303 e. The van der Waals surface area contributed by atoms with E-state index in [4.69, 9.17) is 9.84 Å². The maximum Gasteiger partial charge on any atom is 0.303 e. The largest absolute Gasteiger partial charge is 0.494 e. The second kappa shape index (κ2) is 8.08. The summed E-state index contributed by atoms with van der Waals surface area (Å²) in [6.07, 6.45) is 0.781. The molecular weight excluding hydrogens is 276 g/mol. The number of carboxylic acids is 1. The van der Waals surface area contributed by atoms with Crippen molar-refractivity contribution in [3.63, 3.8) is 0 Å². The Morgan fingerprint density at radius 2 is 2.14 bits per heavy atom. The van der Waals surface area contributed by atoms with Crippen LogP contribution in [0.15, 0.2) is 18.2 Å². The molecule has 116 valence electrons. The first-order chi connectivity index (χ1) is 9.96. The Morgan fingerprint density at radius 3 is 2.67 bits per heavy atom. The van der Waals surface area contributed by atoms with Crippen LogP contribution in [-0.2, 0) is 4.79 Å². The number of hydrogen-bond donors (Lipinski definition) is 2. The number of hydrogen-bond acceptors (Lipinski definition) is 5. The van der Waals surface area contributed by atoms with E-state index in [-0.39, 0.29) is 18.0 Å². The third-order valence-corrected chi connectivity index (χ3v) is 3.05. The number of nitrogens with one attached hydrogen (secondary N) is 1. The van der Waals surface area contributed by atoms with E-state index in [1.165, 1.54) is 12.1 Å². The molecule has 0 aliphatic rings. The lowest BCUT2D eigenvalue weighted by Gasteiger charge is -2.15. The Hall–Kier alpha value is -2.31. The Kier molecular flexibility index (Phi) is 6.45. The molecule has 21 heavy (non-hydrogen) atoms. The summed E-state index contributed by atoms with van der Waals surface area (Å²) >= 11 is 0. The second-order valence-electron chi connectivity index (χ2n) is 4.66. The molecular formula is C14H20N2O5. The van der Waals surface area contributed by atoms with Gasteiger partial charge in [-0.2, -0.15) is 0 Å². The second-order valence-corrected chi connectivity index (χ2v) is 4.66. The highest BCUT2D eigenvalue weighted by atomic mass is 16.6. The lowest BCUT2D eigenvalue weighted by Crippen LogP contribution is -2.17. The highest BCUT2D eigenvalue weighted by Crippen LogP contribution is 2.26. The van der Waals surface area contributed by atoms with Gasteiger partial charge in [0.15, 0.2) is 0 Å². The molecule has 0 heterocycles. The van der Waals surface area contributed by atoms with Gasteiger partial charge in [0.05, 0.1) is 17.6 Å². The molecule has 1 atom stereocenters. The molecule has 0 bridgehead atoms. The standard InChI is InChI=1S/C14H20N2O5/c1-3-10(5-14(17)18)9-15-11-6-12(16(19)20)8-13(7-11)21-4-2/h6-8,10,15H,3-5,9H2,1-2H3,(H,17,18). The zero-order chi connectivity index (χ0) is 15.8. The number of anilines is 1. The van der Waals surface area contributed by atoms with Gasteiger partial charge in [0, 0.05) is 30.8 Å². The van der Waals surface area contributed by atoms with Crippen molar-refractivity contribution >= 4 is 17.3 Å². The number of carbonyl (C=O) groups is 1. The first-order valence-corrected chi connectivity index (χ1v) is 6.84. The Labute approximate surface area is 123 Å². The van der Waals surface area contributed by atoms with E-state index < -0.39 is 10.9 Å². The molecule has 0 aliphatic carbocycles. The van der Waals surface area contributed by atoms with Gasteiger partial charge in [-0.05, 0) is 12.8 Å². The van der Waals surface area contributed by atoms with Crippen LogP contribution in [0.25, 0.3) is 0 Å². The van der Waals surface area contributed by atoms with E-state index in [1.807, 2.05) is 6.92 Å². The molecule has 1 rings (SSSR count). The average Bonchev–Trinajstić information content (AvgIpc) is 2.43. The molecule has 0 radical (unpaired) electrons. The molecule has 0 fully saturated rings. The predicted octanol–water partition coefficient (Wildman–Crippen LogP) is 2.91. The van der Waals surface area contributed by atoms with Gasteiger partial charge in [-0.1, -0.05) is 13.3 Å². The minimum atomic E-state index is -0.849. The van der Waals surface area contributed by atoms with Crippen LogP contribution in [-0.4, -0.2) is 29.2 Å². The zero-order valence-corrected chi connectivity index (χ0v) is 12.2. The van der Waals surface area contributed by atoms with E-state index in [1.54, 1.807) is 13.0 Å². The third-order valence-electron chi connectivity index (χ3n) is 3.05.